The van der Waals surface area contributed by atoms with Crippen molar-refractivity contribution in [1.29, 1.82) is 0 Å². The standard InChI is InChI=1S/C20H20F3N3O2/c1-3-11-25-18(27)17(20(21,22)23)26(14(2)15-8-5-4-6-9-15)19(28)16-10-7-12-24-13-16/h3-10,12-14,17H,1,11H2,2H3,(H,25,27). The molecule has 5 nitrogen and oxygen atoms in total. The van der Waals surface area contributed by atoms with Crippen molar-refractivity contribution in [2.24, 2.45) is 0 Å². The number of aromatic nitrogens is 1. The molecule has 2 unspecified atom stereocenters. The van der Waals surface area contributed by atoms with E-state index in [0.29, 0.717) is 10.5 Å². The number of nitrogens with zero attached hydrogens (tertiary/aromatic N) is 2. The molecule has 1 heterocycles. The molecule has 0 fully saturated rings. The van der Waals surface area contributed by atoms with Gasteiger partial charge in [0.15, 0.2) is 0 Å². The van der Waals surface area contributed by atoms with Crippen LogP contribution in [0.25, 0.3) is 0 Å². The molecule has 0 aliphatic heterocycles. The summed E-state index contributed by atoms with van der Waals surface area (Å²) in [5.41, 5.74) is 0.418. The molecule has 8 heteroatoms. The number of halogens is 3. The van der Waals surface area contributed by atoms with Crippen LogP contribution in [0.5, 0.6) is 0 Å². The second kappa shape index (κ2) is 9.16. The fraction of sp³-hybridized carbons (Fsp3) is 0.250. The van der Waals surface area contributed by atoms with Crippen molar-refractivity contribution in [3.63, 3.8) is 0 Å². The van der Waals surface area contributed by atoms with Crippen molar-refractivity contribution >= 4 is 11.8 Å². The molecule has 148 valence electrons. The maximum Gasteiger partial charge on any atom is 0.417 e. The topological polar surface area (TPSA) is 62.3 Å². The summed E-state index contributed by atoms with van der Waals surface area (Å²) < 4.78 is 41.7. The SMILES string of the molecule is C=CCNC(=O)C(N(C(=O)c1cccnc1)C(C)c1ccccc1)C(F)(F)F. The normalized spacial score (nSPS) is 13.3. The van der Waals surface area contributed by atoms with E-state index in [1.54, 1.807) is 30.3 Å². The molecular formula is C20H20F3N3O2. The summed E-state index contributed by atoms with van der Waals surface area (Å²) in [6.07, 6.45) is -1.15. The van der Waals surface area contributed by atoms with Gasteiger partial charge in [-0.2, -0.15) is 13.2 Å². The number of carbonyl (C=O) groups is 2. The Balaban J connectivity index is 2.55. The average molecular weight is 391 g/mol. The minimum absolute atomic E-state index is 0.0453. The van der Waals surface area contributed by atoms with E-state index in [1.165, 1.54) is 37.5 Å². The lowest BCUT2D eigenvalue weighted by Gasteiger charge is -2.36. The first-order valence-corrected chi connectivity index (χ1v) is 8.50. The van der Waals surface area contributed by atoms with Crippen molar-refractivity contribution in [1.82, 2.24) is 15.2 Å². The minimum Gasteiger partial charge on any atom is -0.351 e. The number of alkyl halides is 3. The molecule has 1 aromatic heterocycles. The number of hydrogen-bond donors (Lipinski definition) is 1. The lowest BCUT2D eigenvalue weighted by Crippen LogP contribution is -2.57. The zero-order valence-electron chi connectivity index (χ0n) is 15.2. The van der Waals surface area contributed by atoms with E-state index in [0.717, 1.165) is 0 Å². The second-order valence-electron chi connectivity index (χ2n) is 6.02. The Hall–Kier alpha value is -3.16. The first-order valence-electron chi connectivity index (χ1n) is 8.50. The largest absolute Gasteiger partial charge is 0.417 e. The number of nitrogens with one attached hydrogen (secondary N) is 1. The van der Waals surface area contributed by atoms with Gasteiger partial charge in [0.05, 0.1) is 11.6 Å². The van der Waals surface area contributed by atoms with Gasteiger partial charge in [0.1, 0.15) is 0 Å². The monoisotopic (exact) mass is 391 g/mol. The van der Waals surface area contributed by atoms with Gasteiger partial charge >= 0.3 is 6.18 Å². The van der Waals surface area contributed by atoms with Crippen molar-refractivity contribution < 1.29 is 22.8 Å². The van der Waals surface area contributed by atoms with Gasteiger partial charge in [0, 0.05) is 18.9 Å². The Morgan fingerprint density at radius 1 is 1.21 bits per heavy atom. The van der Waals surface area contributed by atoms with Gasteiger partial charge in [0.25, 0.3) is 11.8 Å². The molecule has 2 aromatic rings. The van der Waals surface area contributed by atoms with Crippen LogP contribution in [0.3, 0.4) is 0 Å². The van der Waals surface area contributed by atoms with Crippen molar-refractivity contribution in [2.45, 2.75) is 25.2 Å². The van der Waals surface area contributed by atoms with Gasteiger partial charge < -0.3 is 10.2 Å². The maximum absolute atomic E-state index is 13.9. The summed E-state index contributed by atoms with van der Waals surface area (Å²) in [6, 6.07) is 7.32. The quantitative estimate of drug-likeness (QED) is 0.735. The number of pyridine rings is 1. The number of benzene rings is 1. The molecular weight excluding hydrogens is 371 g/mol. The molecule has 1 aromatic carbocycles. The van der Waals surface area contributed by atoms with Crippen LogP contribution < -0.4 is 5.32 Å². The third-order valence-electron chi connectivity index (χ3n) is 4.10. The molecule has 0 radical (unpaired) electrons. The first kappa shape index (κ1) is 21.1. The Morgan fingerprint density at radius 2 is 1.89 bits per heavy atom. The van der Waals surface area contributed by atoms with Crippen LogP contribution in [0.2, 0.25) is 0 Å². The fourth-order valence-corrected chi connectivity index (χ4v) is 2.75. The summed E-state index contributed by atoms with van der Waals surface area (Å²) in [4.78, 5) is 29.7. The predicted octanol–water partition coefficient (Wildman–Crippen LogP) is 3.52. The molecule has 2 amide bonds. The van der Waals surface area contributed by atoms with E-state index in [2.05, 4.69) is 16.9 Å². The third kappa shape index (κ3) is 4.97. The number of carbonyl (C=O) groups excluding carboxylic acids is 2. The highest BCUT2D eigenvalue weighted by Crippen LogP contribution is 2.33. The molecule has 0 spiro atoms. The second-order valence-corrected chi connectivity index (χ2v) is 6.02. The smallest absolute Gasteiger partial charge is 0.351 e. The first-order chi connectivity index (χ1) is 13.3. The van der Waals surface area contributed by atoms with Crippen molar-refractivity contribution in [2.75, 3.05) is 6.54 Å². The summed E-state index contributed by atoms with van der Waals surface area (Å²) in [6.45, 7) is 4.67. The molecule has 0 aliphatic carbocycles. The van der Waals surface area contributed by atoms with Crippen molar-refractivity contribution in [3.05, 3.63) is 78.6 Å². The van der Waals surface area contributed by atoms with E-state index in [9.17, 15) is 22.8 Å². The number of rotatable bonds is 7. The van der Waals surface area contributed by atoms with Crippen LogP contribution in [0, 0.1) is 0 Å². The Kier molecular flexibility index (Phi) is 6.92. The van der Waals surface area contributed by atoms with E-state index < -0.39 is 30.1 Å². The average Bonchev–Trinajstić information content (AvgIpc) is 2.69. The minimum atomic E-state index is -4.98. The fourth-order valence-electron chi connectivity index (χ4n) is 2.75. The molecule has 2 atom stereocenters. The Morgan fingerprint density at radius 3 is 2.43 bits per heavy atom. The highest BCUT2D eigenvalue weighted by atomic mass is 19.4. The lowest BCUT2D eigenvalue weighted by atomic mass is 10.0. The van der Waals surface area contributed by atoms with Gasteiger partial charge in [0.2, 0.25) is 6.04 Å². The molecule has 0 saturated heterocycles. The molecule has 28 heavy (non-hydrogen) atoms. The van der Waals surface area contributed by atoms with Crippen LogP contribution >= 0.6 is 0 Å². The number of hydrogen-bond acceptors (Lipinski definition) is 3. The molecule has 0 saturated carbocycles. The van der Waals surface area contributed by atoms with Crippen LogP contribution in [-0.2, 0) is 4.79 Å². The molecule has 2 rings (SSSR count). The summed E-state index contributed by atoms with van der Waals surface area (Å²) in [5.74, 6) is -2.27. The van der Waals surface area contributed by atoms with Gasteiger partial charge in [-0.05, 0) is 24.6 Å². The van der Waals surface area contributed by atoms with E-state index >= 15 is 0 Å². The van der Waals surface area contributed by atoms with Crippen molar-refractivity contribution in [3.8, 4) is 0 Å². The summed E-state index contributed by atoms with van der Waals surface area (Å²) in [7, 11) is 0. The van der Waals surface area contributed by atoms with Gasteiger partial charge in [-0.1, -0.05) is 36.4 Å². The maximum atomic E-state index is 13.9. The summed E-state index contributed by atoms with van der Waals surface area (Å²) in [5, 5.41) is 2.15. The van der Waals surface area contributed by atoms with E-state index in [-0.39, 0.29) is 12.1 Å². The van der Waals surface area contributed by atoms with Crippen LogP contribution in [0.1, 0.15) is 28.9 Å². The van der Waals surface area contributed by atoms with Gasteiger partial charge in [-0.25, -0.2) is 0 Å². The summed E-state index contributed by atoms with van der Waals surface area (Å²) >= 11 is 0. The zero-order valence-corrected chi connectivity index (χ0v) is 15.2. The number of amides is 2. The molecule has 1 N–H and O–H groups in total. The Bertz CT molecular complexity index is 810. The Labute approximate surface area is 160 Å². The van der Waals surface area contributed by atoms with E-state index in [1.807, 2.05) is 0 Å². The molecule has 0 aliphatic rings. The van der Waals surface area contributed by atoms with Gasteiger partial charge in [-0.3, -0.25) is 14.6 Å². The van der Waals surface area contributed by atoms with Gasteiger partial charge in [-0.15, -0.1) is 6.58 Å². The van der Waals surface area contributed by atoms with Crippen LogP contribution in [0.4, 0.5) is 13.2 Å². The highest BCUT2D eigenvalue weighted by molar-refractivity contribution is 5.98. The van der Waals surface area contributed by atoms with Crippen LogP contribution in [0.15, 0.2) is 67.5 Å². The predicted molar refractivity (Wildman–Crippen MR) is 98.3 cm³/mol. The van der Waals surface area contributed by atoms with Crippen LogP contribution in [-0.4, -0.2) is 40.5 Å². The molecule has 0 bridgehead atoms. The highest BCUT2D eigenvalue weighted by Gasteiger charge is 2.52. The third-order valence-corrected chi connectivity index (χ3v) is 4.10. The lowest BCUT2D eigenvalue weighted by molar-refractivity contribution is -0.187. The van der Waals surface area contributed by atoms with E-state index in [4.69, 9.17) is 0 Å². The zero-order chi connectivity index (χ0) is 20.7.